The number of nitrogens with zero attached hydrogens (tertiary/aromatic N) is 1. The number of aromatic nitrogens is 2. The third-order valence-electron chi connectivity index (χ3n) is 6.86. The van der Waals surface area contributed by atoms with Crippen LogP contribution in [0.5, 0.6) is 0 Å². The van der Waals surface area contributed by atoms with Gasteiger partial charge in [0.05, 0.1) is 11.2 Å². The number of carbonyl (C=O) groups excluding carboxylic acids is 3. The first-order chi connectivity index (χ1) is 16.5. The number of fused-ring (bicyclic) bond motifs is 2. The fraction of sp³-hybridized carbons (Fsp3) is 0.440. The van der Waals surface area contributed by atoms with Crippen LogP contribution in [0.15, 0.2) is 35.8 Å². The zero-order valence-corrected chi connectivity index (χ0v) is 19.7. The summed E-state index contributed by atoms with van der Waals surface area (Å²) in [6.45, 7) is 0. The molecule has 3 aromatic rings. The minimum absolute atomic E-state index is 0.0932. The average molecular weight is 480 g/mol. The number of benzene rings is 1. The second kappa shape index (κ2) is 9.58. The molecule has 9 heteroatoms. The maximum absolute atomic E-state index is 13.2. The minimum atomic E-state index is -0.808. The second-order valence-corrected chi connectivity index (χ2v) is 10.4. The van der Waals surface area contributed by atoms with Crippen LogP contribution in [-0.4, -0.2) is 39.8 Å². The smallest absolute Gasteiger partial charge is 0.268 e. The first kappa shape index (κ1) is 22.6. The van der Waals surface area contributed by atoms with Gasteiger partial charge in [0.1, 0.15) is 17.8 Å². The van der Waals surface area contributed by atoms with E-state index in [4.69, 9.17) is 5.73 Å². The van der Waals surface area contributed by atoms with Crippen molar-refractivity contribution in [2.24, 2.45) is 11.7 Å². The summed E-state index contributed by atoms with van der Waals surface area (Å²) >= 11 is 1.64. The molecule has 3 unspecified atom stereocenters. The van der Waals surface area contributed by atoms with Crippen molar-refractivity contribution in [2.75, 3.05) is 0 Å². The second-order valence-electron chi connectivity index (χ2n) is 9.42. The Morgan fingerprint density at radius 1 is 1.12 bits per heavy atom. The number of thiazole rings is 1. The number of H-pyrrole nitrogens is 1. The SMILES string of the molecule is NC(=O)C(CC1CCCc2scnc21)NC(=O)C(CC1CC1)NC(=O)c1cc2ccccc2[nH]1. The first-order valence-electron chi connectivity index (χ1n) is 11.9. The third kappa shape index (κ3) is 4.99. The van der Waals surface area contributed by atoms with Crippen LogP contribution in [0.4, 0.5) is 0 Å². The number of nitrogens with two attached hydrogens (primary N) is 1. The van der Waals surface area contributed by atoms with Crippen molar-refractivity contribution in [3.8, 4) is 0 Å². The predicted octanol–water partition coefficient (Wildman–Crippen LogP) is 3.00. The molecule has 3 amide bonds. The minimum Gasteiger partial charge on any atom is -0.368 e. The van der Waals surface area contributed by atoms with Crippen molar-refractivity contribution in [2.45, 2.75) is 62.9 Å². The van der Waals surface area contributed by atoms with Crippen LogP contribution in [-0.2, 0) is 16.0 Å². The Kier molecular flexibility index (Phi) is 6.36. The summed E-state index contributed by atoms with van der Waals surface area (Å²) in [6, 6.07) is 7.87. The van der Waals surface area contributed by atoms with Crippen LogP contribution in [0.3, 0.4) is 0 Å². The summed E-state index contributed by atoms with van der Waals surface area (Å²) < 4.78 is 0. The van der Waals surface area contributed by atoms with E-state index >= 15 is 0 Å². The van der Waals surface area contributed by atoms with E-state index in [1.54, 1.807) is 17.4 Å². The van der Waals surface area contributed by atoms with Gasteiger partial charge in [-0.2, -0.15) is 0 Å². The Bertz CT molecular complexity index is 1180. The fourth-order valence-electron chi connectivity index (χ4n) is 4.83. The molecule has 0 bridgehead atoms. The molecule has 5 rings (SSSR count). The number of carbonyl (C=O) groups is 3. The molecule has 0 spiro atoms. The van der Waals surface area contributed by atoms with Gasteiger partial charge >= 0.3 is 0 Å². The number of rotatable bonds is 9. The van der Waals surface area contributed by atoms with Crippen molar-refractivity contribution in [3.05, 3.63) is 52.1 Å². The van der Waals surface area contributed by atoms with E-state index in [1.807, 2.05) is 29.8 Å². The molecule has 2 aliphatic carbocycles. The fourth-order valence-corrected chi connectivity index (χ4v) is 5.72. The van der Waals surface area contributed by atoms with Gasteiger partial charge in [-0.3, -0.25) is 14.4 Å². The predicted molar refractivity (Wildman–Crippen MR) is 130 cm³/mol. The summed E-state index contributed by atoms with van der Waals surface area (Å²) in [5.74, 6) is -0.776. The monoisotopic (exact) mass is 479 g/mol. The Balaban J connectivity index is 1.28. The Hall–Kier alpha value is -3.20. The van der Waals surface area contributed by atoms with Gasteiger partial charge in [-0.1, -0.05) is 31.0 Å². The van der Waals surface area contributed by atoms with Gasteiger partial charge in [-0.25, -0.2) is 4.98 Å². The molecule has 1 fully saturated rings. The molecule has 3 atom stereocenters. The lowest BCUT2D eigenvalue weighted by Crippen LogP contribution is -2.53. The Labute approximate surface area is 201 Å². The number of aryl methyl sites for hydroxylation is 1. The summed E-state index contributed by atoms with van der Waals surface area (Å²) in [4.78, 5) is 47.3. The van der Waals surface area contributed by atoms with E-state index < -0.39 is 18.0 Å². The highest BCUT2D eigenvalue weighted by Crippen LogP contribution is 2.36. The summed E-state index contributed by atoms with van der Waals surface area (Å²) in [6.07, 6.45) is 6.00. The van der Waals surface area contributed by atoms with Gasteiger partial charge in [0.15, 0.2) is 0 Å². The van der Waals surface area contributed by atoms with Gasteiger partial charge in [-0.05, 0) is 50.2 Å². The van der Waals surface area contributed by atoms with Crippen LogP contribution in [0, 0.1) is 5.92 Å². The van der Waals surface area contributed by atoms with Gasteiger partial charge < -0.3 is 21.4 Å². The van der Waals surface area contributed by atoms with Crippen LogP contribution in [0.2, 0.25) is 0 Å². The van der Waals surface area contributed by atoms with Gasteiger partial charge in [-0.15, -0.1) is 11.3 Å². The van der Waals surface area contributed by atoms with Crippen LogP contribution in [0.1, 0.15) is 65.5 Å². The normalized spacial score (nSPS) is 19.2. The number of hydrogen-bond acceptors (Lipinski definition) is 5. The standard InChI is InChI=1S/C25H29N5O3S/c26-23(31)18(12-16-5-3-7-21-22(16)27-13-34-21)29-24(32)19(10-14-8-9-14)30-25(33)20-11-15-4-1-2-6-17(15)28-20/h1-2,4,6,11,13-14,16,18-19,28H,3,5,7-10,12H2,(H2,26,31)(H,29,32)(H,30,33). The molecule has 2 aliphatic rings. The molecule has 1 saturated carbocycles. The highest BCUT2D eigenvalue weighted by atomic mass is 32.1. The van der Waals surface area contributed by atoms with Gasteiger partial charge in [0.25, 0.3) is 5.91 Å². The molecule has 8 nitrogen and oxygen atoms in total. The molecular weight excluding hydrogens is 450 g/mol. The molecule has 0 saturated heterocycles. The Morgan fingerprint density at radius 3 is 2.71 bits per heavy atom. The maximum Gasteiger partial charge on any atom is 0.268 e. The quantitative estimate of drug-likeness (QED) is 0.376. The topological polar surface area (TPSA) is 130 Å². The number of hydrogen-bond donors (Lipinski definition) is 4. The van der Waals surface area contributed by atoms with Crippen LogP contribution in [0.25, 0.3) is 10.9 Å². The molecule has 1 aromatic carbocycles. The lowest BCUT2D eigenvalue weighted by molar-refractivity contribution is -0.128. The van der Waals surface area contributed by atoms with Crippen molar-refractivity contribution in [1.29, 1.82) is 0 Å². The van der Waals surface area contributed by atoms with Crippen molar-refractivity contribution in [3.63, 3.8) is 0 Å². The van der Waals surface area contributed by atoms with E-state index in [1.165, 1.54) is 4.88 Å². The highest BCUT2D eigenvalue weighted by molar-refractivity contribution is 7.09. The van der Waals surface area contributed by atoms with Crippen molar-refractivity contribution >= 4 is 40.0 Å². The maximum atomic E-state index is 13.2. The van der Waals surface area contributed by atoms with Crippen LogP contribution >= 0.6 is 11.3 Å². The molecule has 0 radical (unpaired) electrons. The molecule has 5 N–H and O–H groups in total. The number of primary amides is 1. The molecule has 2 aromatic heterocycles. The molecule has 34 heavy (non-hydrogen) atoms. The van der Waals surface area contributed by atoms with Crippen LogP contribution < -0.4 is 16.4 Å². The lowest BCUT2D eigenvalue weighted by Gasteiger charge is -2.26. The molecular formula is C25H29N5O3S. The van der Waals surface area contributed by atoms with Crippen molar-refractivity contribution < 1.29 is 14.4 Å². The number of para-hydroxylation sites is 1. The number of aromatic amines is 1. The summed E-state index contributed by atoms with van der Waals surface area (Å²) in [5, 5.41) is 6.65. The Morgan fingerprint density at radius 2 is 1.94 bits per heavy atom. The molecule has 2 heterocycles. The van der Waals surface area contributed by atoms with Gasteiger partial charge in [0.2, 0.25) is 11.8 Å². The van der Waals surface area contributed by atoms with E-state index in [0.29, 0.717) is 24.5 Å². The first-order valence-corrected chi connectivity index (χ1v) is 12.8. The van der Waals surface area contributed by atoms with Gasteiger partial charge in [0, 0.05) is 21.7 Å². The molecule has 0 aliphatic heterocycles. The van der Waals surface area contributed by atoms with E-state index in [2.05, 4.69) is 20.6 Å². The van der Waals surface area contributed by atoms with E-state index in [-0.39, 0.29) is 17.7 Å². The summed E-state index contributed by atoms with van der Waals surface area (Å²) in [7, 11) is 0. The lowest BCUT2D eigenvalue weighted by atomic mass is 9.86. The average Bonchev–Trinajstić information content (AvgIpc) is 3.32. The molecule has 178 valence electrons. The van der Waals surface area contributed by atoms with E-state index in [9.17, 15) is 14.4 Å². The number of nitrogens with one attached hydrogen (secondary N) is 3. The zero-order chi connectivity index (χ0) is 23.7. The largest absolute Gasteiger partial charge is 0.368 e. The number of amides is 3. The zero-order valence-electron chi connectivity index (χ0n) is 18.9. The van der Waals surface area contributed by atoms with Crippen molar-refractivity contribution in [1.82, 2.24) is 20.6 Å². The summed E-state index contributed by atoms with van der Waals surface area (Å²) in [5.41, 5.74) is 9.81. The third-order valence-corrected chi connectivity index (χ3v) is 7.77. The van der Waals surface area contributed by atoms with E-state index in [0.717, 1.165) is 48.7 Å². The highest BCUT2D eigenvalue weighted by Gasteiger charge is 2.34.